The molecule has 1 saturated heterocycles. The summed E-state index contributed by atoms with van der Waals surface area (Å²) in [6.45, 7) is 4.83. The highest BCUT2D eigenvalue weighted by molar-refractivity contribution is 6.39. The van der Waals surface area contributed by atoms with Crippen molar-refractivity contribution in [3.8, 4) is 0 Å². The van der Waals surface area contributed by atoms with Crippen molar-refractivity contribution in [2.24, 2.45) is 0 Å². The zero-order chi connectivity index (χ0) is 20.6. The molecule has 6 nitrogen and oxygen atoms in total. The first kappa shape index (κ1) is 21.0. The molecule has 0 aromatic heterocycles. The summed E-state index contributed by atoms with van der Waals surface area (Å²) in [6.07, 6.45) is 0.752. The third-order valence-corrected chi connectivity index (χ3v) is 5.05. The molecule has 2 aromatic carbocycles. The van der Waals surface area contributed by atoms with Crippen molar-refractivity contribution < 1.29 is 18.7 Å². The topological polar surface area (TPSA) is 70.7 Å². The number of nitrogens with one attached hydrogen (secondary N) is 2. The zero-order valence-corrected chi connectivity index (χ0v) is 16.5. The maximum absolute atomic E-state index is 13.3. The standard InChI is InChI=1S/C22H26FN3O3/c1-2-16-5-3-4-6-19(16)25-22(28)21(27)24-15-20(26-11-13-29-14-12-26)17-7-9-18(23)10-8-17/h3-10,20H,2,11-15H2,1H3,(H,24,27)(H,25,28)/t20-/m0/s1. The smallest absolute Gasteiger partial charge is 0.313 e. The number of ether oxygens (including phenoxy) is 1. The number of para-hydroxylation sites is 1. The lowest BCUT2D eigenvalue weighted by Gasteiger charge is -2.34. The highest BCUT2D eigenvalue weighted by Crippen LogP contribution is 2.22. The van der Waals surface area contributed by atoms with Crippen molar-refractivity contribution >= 4 is 17.5 Å². The van der Waals surface area contributed by atoms with Crippen LogP contribution in [0.15, 0.2) is 48.5 Å². The Hall–Kier alpha value is -2.77. The number of morpholine rings is 1. The Morgan fingerprint density at radius 1 is 1.07 bits per heavy atom. The second-order valence-electron chi connectivity index (χ2n) is 6.89. The molecule has 0 radical (unpaired) electrons. The first-order valence-electron chi connectivity index (χ1n) is 9.83. The van der Waals surface area contributed by atoms with Gasteiger partial charge in [0.05, 0.1) is 19.3 Å². The molecule has 7 heteroatoms. The molecular weight excluding hydrogens is 373 g/mol. The van der Waals surface area contributed by atoms with E-state index in [-0.39, 0.29) is 18.4 Å². The normalized spacial score (nSPS) is 15.5. The maximum atomic E-state index is 13.3. The number of halogens is 1. The van der Waals surface area contributed by atoms with Crippen molar-refractivity contribution in [3.63, 3.8) is 0 Å². The fourth-order valence-corrected chi connectivity index (χ4v) is 3.43. The number of carbonyl (C=O) groups is 2. The molecule has 0 bridgehead atoms. The molecule has 0 aliphatic carbocycles. The fourth-order valence-electron chi connectivity index (χ4n) is 3.43. The van der Waals surface area contributed by atoms with Crippen LogP contribution in [0.4, 0.5) is 10.1 Å². The van der Waals surface area contributed by atoms with Crippen LogP contribution < -0.4 is 10.6 Å². The van der Waals surface area contributed by atoms with Gasteiger partial charge < -0.3 is 15.4 Å². The molecule has 3 rings (SSSR count). The Bertz CT molecular complexity index is 835. The van der Waals surface area contributed by atoms with Crippen molar-refractivity contribution in [3.05, 3.63) is 65.5 Å². The molecule has 1 atom stereocenters. The van der Waals surface area contributed by atoms with Crippen molar-refractivity contribution in [2.45, 2.75) is 19.4 Å². The van der Waals surface area contributed by atoms with Crippen LogP contribution in [-0.2, 0) is 20.7 Å². The Balaban J connectivity index is 1.65. The molecule has 2 N–H and O–H groups in total. The molecule has 29 heavy (non-hydrogen) atoms. The lowest BCUT2D eigenvalue weighted by molar-refractivity contribution is -0.136. The predicted octanol–water partition coefficient (Wildman–Crippen LogP) is 2.52. The molecule has 2 aromatic rings. The SMILES string of the molecule is CCc1ccccc1NC(=O)C(=O)NC[C@@H](c1ccc(F)cc1)N1CCOCC1. The van der Waals surface area contributed by atoms with E-state index in [4.69, 9.17) is 4.74 Å². The molecule has 154 valence electrons. The largest absolute Gasteiger partial charge is 0.379 e. The summed E-state index contributed by atoms with van der Waals surface area (Å²) in [5.74, 6) is -1.71. The van der Waals surface area contributed by atoms with Crippen LogP contribution in [0.1, 0.15) is 24.1 Å². The third kappa shape index (κ3) is 5.62. The van der Waals surface area contributed by atoms with E-state index in [1.165, 1.54) is 12.1 Å². The summed E-state index contributed by atoms with van der Waals surface area (Å²) >= 11 is 0. The number of amides is 2. The summed E-state index contributed by atoms with van der Waals surface area (Å²) in [5.41, 5.74) is 2.48. The van der Waals surface area contributed by atoms with Crippen molar-refractivity contribution in [2.75, 3.05) is 38.2 Å². The van der Waals surface area contributed by atoms with E-state index in [9.17, 15) is 14.0 Å². The van der Waals surface area contributed by atoms with Gasteiger partial charge in [0.15, 0.2) is 0 Å². The molecule has 1 fully saturated rings. The number of hydrogen-bond acceptors (Lipinski definition) is 4. The quantitative estimate of drug-likeness (QED) is 0.733. The average molecular weight is 399 g/mol. The fraction of sp³-hybridized carbons (Fsp3) is 0.364. The third-order valence-electron chi connectivity index (χ3n) is 5.05. The van der Waals surface area contributed by atoms with Gasteiger partial charge in [-0.05, 0) is 35.7 Å². The number of benzene rings is 2. The van der Waals surface area contributed by atoms with E-state index in [2.05, 4.69) is 15.5 Å². The minimum absolute atomic E-state index is 0.167. The second-order valence-corrected chi connectivity index (χ2v) is 6.89. The van der Waals surface area contributed by atoms with Crippen LogP contribution >= 0.6 is 0 Å². The summed E-state index contributed by atoms with van der Waals surface area (Å²) in [6, 6.07) is 13.4. The van der Waals surface area contributed by atoms with E-state index < -0.39 is 11.8 Å². The number of anilines is 1. The van der Waals surface area contributed by atoms with E-state index in [0.29, 0.717) is 32.0 Å². The highest BCUT2D eigenvalue weighted by atomic mass is 19.1. The molecule has 0 spiro atoms. The Kier molecular flexibility index (Phi) is 7.32. The van der Waals surface area contributed by atoms with Crippen LogP contribution in [0, 0.1) is 5.82 Å². The van der Waals surface area contributed by atoms with E-state index in [0.717, 1.165) is 17.5 Å². The van der Waals surface area contributed by atoms with Crippen molar-refractivity contribution in [1.29, 1.82) is 0 Å². The van der Waals surface area contributed by atoms with Crippen LogP contribution in [0.2, 0.25) is 0 Å². The summed E-state index contributed by atoms with van der Waals surface area (Å²) in [4.78, 5) is 26.9. The molecule has 1 aliphatic rings. The maximum Gasteiger partial charge on any atom is 0.313 e. The van der Waals surface area contributed by atoms with Gasteiger partial charge in [0.2, 0.25) is 0 Å². The summed E-state index contributed by atoms with van der Waals surface area (Å²) in [7, 11) is 0. The molecule has 1 heterocycles. The van der Waals surface area contributed by atoms with Gasteiger partial charge in [0, 0.05) is 25.3 Å². The number of carbonyl (C=O) groups excluding carboxylic acids is 2. The van der Waals surface area contributed by atoms with Gasteiger partial charge in [0.1, 0.15) is 5.82 Å². The number of nitrogens with zero attached hydrogens (tertiary/aromatic N) is 1. The lowest BCUT2D eigenvalue weighted by Crippen LogP contribution is -2.45. The molecule has 0 unspecified atom stereocenters. The number of aryl methyl sites for hydroxylation is 1. The van der Waals surface area contributed by atoms with Crippen molar-refractivity contribution in [1.82, 2.24) is 10.2 Å². The number of rotatable bonds is 6. The van der Waals surface area contributed by atoms with E-state index in [1.807, 2.05) is 25.1 Å². The van der Waals surface area contributed by atoms with Gasteiger partial charge in [-0.1, -0.05) is 37.3 Å². The summed E-state index contributed by atoms with van der Waals surface area (Å²) < 4.78 is 18.7. The van der Waals surface area contributed by atoms with Crippen LogP contribution in [-0.4, -0.2) is 49.6 Å². The van der Waals surface area contributed by atoms with Crippen LogP contribution in [0.25, 0.3) is 0 Å². The Morgan fingerprint density at radius 2 is 1.76 bits per heavy atom. The Morgan fingerprint density at radius 3 is 2.45 bits per heavy atom. The minimum Gasteiger partial charge on any atom is -0.379 e. The first-order valence-corrected chi connectivity index (χ1v) is 9.83. The second kappa shape index (κ2) is 10.1. The van der Waals surface area contributed by atoms with E-state index in [1.54, 1.807) is 18.2 Å². The predicted molar refractivity (Wildman–Crippen MR) is 109 cm³/mol. The van der Waals surface area contributed by atoms with Gasteiger partial charge in [0.25, 0.3) is 0 Å². The van der Waals surface area contributed by atoms with Gasteiger partial charge in [-0.3, -0.25) is 14.5 Å². The molecule has 1 aliphatic heterocycles. The Labute approximate surface area is 170 Å². The first-order chi connectivity index (χ1) is 14.1. The monoisotopic (exact) mass is 399 g/mol. The highest BCUT2D eigenvalue weighted by Gasteiger charge is 2.24. The number of hydrogen-bond donors (Lipinski definition) is 2. The average Bonchev–Trinajstić information content (AvgIpc) is 2.76. The summed E-state index contributed by atoms with van der Waals surface area (Å²) in [5, 5.41) is 5.40. The lowest BCUT2D eigenvalue weighted by atomic mass is 10.0. The van der Waals surface area contributed by atoms with Gasteiger partial charge in [-0.15, -0.1) is 0 Å². The molecule has 0 saturated carbocycles. The van der Waals surface area contributed by atoms with Crippen LogP contribution in [0.5, 0.6) is 0 Å². The van der Waals surface area contributed by atoms with Gasteiger partial charge in [-0.2, -0.15) is 0 Å². The van der Waals surface area contributed by atoms with Gasteiger partial charge >= 0.3 is 11.8 Å². The molecule has 2 amide bonds. The van der Waals surface area contributed by atoms with E-state index >= 15 is 0 Å². The minimum atomic E-state index is -0.703. The van der Waals surface area contributed by atoms with Gasteiger partial charge in [-0.25, -0.2) is 4.39 Å². The molecular formula is C22H26FN3O3. The van der Waals surface area contributed by atoms with Crippen LogP contribution in [0.3, 0.4) is 0 Å². The zero-order valence-electron chi connectivity index (χ0n) is 16.5.